The van der Waals surface area contributed by atoms with E-state index in [9.17, 15) is 18.7 Å². The number of nitrogens with zero attached hydrogens (tertiary/aromatic N) is 3. The van der Waals surface area contributed by atoms with Crippen LogP contribution in [0.25, 0.3) is 22.0 Å². The number of anilines is 1. The number of aryl methyl sites for hydroxylation is 2. The average Bonchev–Trinajstić information content (AvgIpc) is 2.84. The molecule has 2 aromatic heterocycles. The van der Waals surface area contributed by atoms with Gasteiger partial charge in [0.05, 0.1) is 17.1 Å². The molecule has 2 aromatic carbocycles. The van der Waals surface area contributed by atoms with E-state index in [0.29, 0.717) is 39.2 Å². The van der Waals surface area contributed by atoms with Crippen LogP contribution in [0.5, 0.6) is 0 Å². The first kappa shape index (κ1) is 26.9. The minimum atomic E-state index is -3.82. The Balaban J connectivity index is 1.83. The second-order valence-corrected chi connectivity index (χ2v) is 9.75. The van der Waals surface area contributed by atoms with Crippen LogP contribution in [0.3, 0.4) is 0 Å². The molecule has 0 amide bonds. The molecular formula is C29H27F3N4O2. The van der Waals surface area contributed by atoms with E-state index >= 15 is 4.39 Å². The van der Waals surface area contributed by atoms with Gasteiger partial charge in [-0.25, -0.2) is 14.4 Å². The lowest BCUT2D eigenvalue weighted by Crippen LogP contribution is -2.41. The number of hydrogen-bond donors (Lipinski definition) is 2. The third-order valence-electron chi connectivity index (χ3n) is 6.45. The normalized spacial score (nSPS) is 12.8. The van der Waals surface area contributed by atoms with Crippen molar-refractivity contribution in [2.45, 2.75) is 45.3 Å². The molecule has 0 aliphatic heterocycles. The molecule has 2 N–H and O–H groups in total. The van der Waals surface area contributed by atoms with E-state index < -0.39 is 28.9 Å². The van der Waals surface area contributed by atoms with Crippen LogP contribution in [0, 0.1) is 25.1 Å². The van der Waals surface area contributed by atoms with E-state index in [-0.39, 0.29) is 11.1 Å². The lowest BCUT2D eigenvalue weighted by atomic mass is 9.91. The van der Waals surface area contributed by atoms with Crippen LogP contribution in [0.4, 0.5) is 19.0 Å². The largest absolute Gasteiger partial charge is 0.384 e. The average molecular weight is 521 g/mol. The number of aromatic nitrogens is 3. The number of alkyl halides is 2. The number of nitrogens with one attached hydrogen (secondary N) is 1. The van der Waals surface area contributed by atoms with Gasteiger partial charge in [-0.1, -0.05) is 18.1 Å². The fourth-order valence-corrected chi connectivity index (χ4v) is 4.25. The molecule has 0 bridgehead atoms. The topological polar surface area (TPSA) is 80.0 Å². The second-order valence-electron chi connectivity index (χ2n) is 9.75. The van der Waals surface area contributed by atoms with E-state index in [4.69, 9.17) is 6.42 Å². The van der Waals surface area contributed by atoms with Gasteiger partial charge < -0.3 is 15.0 Å². The summed E-state index contributed by atoms with van der Waals surface area (Å²) in [5.41, 5.74) is -1.09. The first-order chi connectivity index (χ1) is 17.7. The fraction of sp³-hybridized carbons (Fsp3) is 0.276. The lowest BCUT2D eigenvalue weighted by Gasteiger charge is -2.30. The highest BCUT2D eigenvalue weighted by Crippen LogP contribution is 2.41. The van der Waals surface area contributed by atoms with Gasteiger partial charge in [-0.15, -0.1) is 6.42 Å². The van der Waals surface area contributed by atoms with E-state index in [2.05, 4.69) is 21.2 Å². The fourth-order valence-electron chi connectivity index (χ4n) is 4.25. The number of rotatable bonds is 6. The van der Waals surface area contributed by atoms with Gasteiger partial charge in [-0.3, -0.25) is 4.79 Å². The molecule has 1 atom stereocenters. The molecule has 0 aliphatic carbocycles. The summed E-state index contributed by atoms with van der Waals surface area (Å²) in [6.45, 7) is 5.18. The predicted octanol–water partition coefficient (Wildman–Crippen LogP) is 5.46. The lowest BCUT2D eigenvalue weighted by molar-refractivity contribution is -0.170. The number of aliphatic hydroxyl groups is 1. The molecule has 38 heavy (non-hydrogen) atoms. The van der Waals surface area contributed by atoms with Crippen LogP contribution < -0.4 is 10.9 Å². The standard InChI is InChI=1S/C29H27F3N4O2/c1-7-18-13-24-22(14-21(18)19-11-12-25(37)36(6)15-19)27(35-17(3)34-24)33-16(2)20-9-8-10-23(26(20)30)29(31,32)28(4,5)38/h1,8-16,38H,2-6H3,(H,33,34,35)/t16-/m1/s1. The molecule has 0 saturated heterocycles. The molecule has 0 saturated carbocycles. The van der Waals surface area contributed by atoms with Crippen molar-refractivity contribution in [1.29, 1.82) is 0 Å². The van der Waals surface area contributed by atoms with Crippen LogP contribution in [-0.2, 0) is 13.0 Å². The minimum Gasteiger partial charge on any atom is -0.384 e. The third kappa shape index (κ3) is 4.75. The van der Waals surface area contributed by atoms with Crippen molar-refractivity contribution >= 4 is 16.7 Å². The molecule has 0 aliphatic rings. The van der Waals surface area contributed by atoms with Gasteiger partial charge in [0.2, 0.25) is 5.56 Å². The summed E-state index contributed by atoms with van der Waals surface area (Å²) in [5.74, 6) is -1.50. The van der Waals surface area contributed by atoms with E-state index in [1.54, 1.807) is 45.3 Å². The van der Waals surface area contributed by atoms with Gasteiger partial charge in [0.15, 0.2) is 0 Å². The zero-order chi connectivity index (χ0) is 28.0. The highest BCUT2D eigenvalue weighted by Gasteiger charge is 2.49. The smallest absolute Gasteiger partial charge is 0.303 e. The minimum absolute atomic E-state index is 0.0191. The monoisotopic (exact) mass is 520 g/mol. The third-order valence-corrected chi connectivity index (χ3v) is 6.45. The summed E-state index contributed by atoms with van der Waals surface area (Å²) in [4.78, 5) is 20.9. The summed E-state index contributed by atoms with van der Waals surface area (Å²) in [6, 6.07) is 9.53. The van der Waals surface area contributed by atoms with Crippen molar-refractivity contribution in [3.05, 3.63) is 87.3 Å². The second kappa shape index (κ2) is 9.62. The molecule has 0 spiro atoms. The molecule has 0 fully saturated rings. The van der Waals surface area contributed by atoms with E-state index in [0.717, 1.165) is 19.9 Å². The Kier molecular flexibility index (Phi) is 6.80. The van der Waals surface area contributed by atoms with Crippen LogP contribution >= 0.6 is 0 Å². The zero-order valence-corrected chi connectivity index (χ0v) is 21.6. The van der Waals surface area contributed by atoms with Crippen molar-refractivity contribution in [1.82, 2.24) is 14.5 Å². The number of fused-ring (bicyclic) bond motifs is 1. The Morgan fingerprint density at radius 3 is 2.50 bits per heavy atom. The summed E-state index contributed by atoms with van der Waals surface area (Å²) in [5, 5.41) is 13.7. The van der Waals surface area contributed by atoms with Crippen LogP contribution in [0.2, 0.25) is 0 Å². The summed E-state index contributed by atoms with van der Waals surface area (Å²) in [6.07, 6.45) is 7.44. The Morgan fingerprint density at radius 1 is 1.16 bits per heavy atom. The Hall–Kier alpha value is -4.16. The van der Waals surface area contributed by atoms with E-state index in [1.807, 2.05) is 0 Å². The quantitative estimate of drug-likeness (QED) is 0.330. The summed E-state index contributed by atoms with van der Waals surface area (Å²) < 4.78 is 46.5. The molecule has 9 heteroatoms. The summed E-state index contributed by atoms with van der Waals surface area (Å²) >= 11 is 0. The number of hydrogen-bond acceptors (Lipinski definition) is 5. The molecule has 4 aromatic rings. The Bertz CT molecular complexity index is 1650. The van der Waals surface area contributed by atoms with Crippen molar-refractivity contribution < 1.29 is 18.3 Å². The van der Waals surface area contributed by atoms with Gasteiger partial charge in [0.25, 0.3) is 0 Å². The SMILES string of the molecule is C#Cc1cc2nc(C)nc(N[C@H](C)c3cccc(C(F)(F)C(C)(C)O)c3F)c2cc1-c1ccc(=O)n(C)c1. The summed E-state index contributed by atoms with van der Waals surface area (Å²) in [7, 11) is 1.63. The predicted molar refractivity (Wildman–Crippen MR) is 142 cm³/mol. The molecular weight excluding hydrogens is 493 g/mol. The van der Waals surface area contributed by atoms with Crippen molar-refractivity contribution in [3.63, 3.8) is 0 Å². The molecule has 4 rings (SSSR count). The highest BCUT2D eigenvalue weighted by molar-refractivity contribution is 5.95. The maximum atomic E-state index is 15.4. The first-order valence-electron chi connectivity index (χ1n) is 11.9. The van der Waals surface area contributed by atoms with Gasteiger partial charge in [-0.05, 0) is 63.1 Å². The maximum Gasteiger partial charge on any atom is 0.303 e. The zero-order valence-electron chi connectivity index (χ0n) is 21.6. The van der Waals surface area contributed by atoms with Gasteiger partial charge >= 0.3 is 5.92 Å². The first-order valence-corrected chi connectivity index (χ1v) is 11.9. The van der Waals surface area contributed by atoms with Crippen LogP contribution in [0.1, 0.15) is 49.3 Å². The number of halogens is 3. The Morgan fingerprint density at radius 2 is 1.87 bits per heavy atom. The van der Waals surface area contributed by atoms with Crippen LogP contribution in [0.15, 0.2) is 53.5 Å². The molecule has 196 valence electrons. The number of benzene rings is 2. The van der Waals surface area contributed by atoms with Crippen molar-refractivity contribution in [2.75, 3.05) is 5.32 Å². The molecule has 0 radical (unpaired) electrons. The van der Waals surface area contributed by atoms with Crippen molar-refractivity contribution in [3.8, 4) is 23.5 Å². The molecule has 0 unspecified atom stereocenters. The van der Waals surface area contributed by atoms with Gasteiger partial charge in [-0.2, -0.15) is 8.78 Å². The highest BCUT2D eigenvalue weighted by atomic mass is 19.3. The molecule has 6 nitrogen and oxygen atoms in total. The van der Waals surface area contributed by atoms with Crippen LogP contribution in [-0.4, -0.2) is 25.2 Å². The number of pyridine rings is 1. The van der Waals surface area contributed by atoms with Crippen molar-refractivity contribution in [2.24, 2.45) is 7.05 Å². The van der Waals surface area contributed by atoms with Gasteiger partial charge in [0.1, 0.15) is 23.1 Å². The number of terminal acetylenes is 1. The molecule has 2 heterocycles. The van der Waals surface area contributed by atoms with E-state index in [1.165, 1.54) is 22.8 Å². The Labute approximate surface area is 218 Å². The van der Waals surface area contributed by atoms with Gasteiger partial charge in [0, 0.05) is 35.8 Å². The maximum absolute atomic E-state index is 15.4.